The van der Waals surface area contributed by atoms with E-state index in [9.17, 15) is 4.79 Å². The summed E-state index contributed by atoms with van der Waals surface area (Å²) in [4.78, 5) is 14.7. The summed E-state index contributed by atoms with van der Waals surface area (Å²) in [7, 11) is 0. The highest BCUT2D eigenvalue weighted by Gasteiger charge is 2.55. The first-order valence-corrected chi connectivity index (χ1v) is 9.54. The molecule has 1 aliphatic heterocycles. The largest absolute Gasteiger partial charge is 0.492 e. The zero-order valence-corrected chi connectivity index (χ0v) is 15.5. The molecule has 3 N–H and O–H groups in total. The lowest BCUT2D eigenvalue weighted by Gasteiger charge is -2.33. The van der Waals surface area contributed by atoms with Crippen molar-refractivity contribution in [1.82, 2.24) is 0 Å². The molecule has 1 amide bonds. The molecule has 2 aliphatic carbocycles. The minimum Gasteiger partial charge on any atom is -0.492 e. The number of carbonyl (C=O) groups excluding carboxylic acids is 1. The number of nitrogens with two attached hydrogens (primary N) is 1. The topological polar surface area (TPSA) is 79.4 Å². The lowest BCUT2D eigenvalue weighted by Crippen LogP contribution is -2.40. The predicted octanol–water partition coefficient (Wildman–Crippen LogP) is 3.02. The fourth-order valence-electron chi connectivity index (χ4n) is 3.90. The van der Waals surface area contributed by atoms with Crippen LogP contribution in [0.25, 0.3) is 0 Å². The molecule has 0 bridgehead atoms. The molecule has 1 heterocycles. The Morgan fingerprint density at radius 1 is 1.42 bits per heavy atom. The van der Waals surface area contributed by atoms with Gasteiger partial charge in [0.05, 0.1) is 11.1 Å². The van der Waals surface area contributed by atoms with Crippen LogP contribution >= 0.6 is 0 Å². The van der Waals surface area contributed by atoms with Gasteiger partial charge in [0.2, 0.25) is 0 Å². The van der Waals surface area contributed by atoms with E-state index < -0.39 is 5.41 Å². The summed E-state index contributed by atoms with van der Waals surface area (Å²) in [6.07, 6.45) is 6.59. The average molecular weight is 353 g/mol. The van der Waals surface area contributed by atoms with Crippen LogP contribution in [0.5, 0.6) is 5.75 Å². The van der Waals surface area contributed by atoms with Crippen LogP contribution in [0.4, 0.5) is 5.69 Å². The summed E-state index contributed by atoms with van der Waals surface area (Å²) in [6.45, 7) is 5.52. The Kier molecular flexibility index (Phi) is 4.14. The fourth-order valence-corrected chi connectivity index (χ4v) is 3.90. The van der Waals surface area contributed by atoms with Crippen LogP contribution in [-0.4, -0.2) is 31.3 Å². The van der Waals surface area contributed by atoms with E-state index in [0.717, 1.165) is 35.5 Å². The normalized spacial score (nSPS) is 24.7. The summed E-state index contributed by atoms with van der Waals surface area (Å²) in [5.41, 5.74) is 8.19. The molecule has 0 radical (unpaired) electrons. The Morgan fingerprint density at radius 3 is 2.85 bits per heavy atom. The van der Waals surface area contributed by atoms with Crippen molar-refractivity contribution >= 4 is 17.8 Å². The van der Waals surface area contributed by atoms with Crippen molar-refractivity contribution in [3.8, 4) is 5.75 Å². The lowest BCUT2D eigenvalue weighted by molar-refractivity contribution is -0.115. The summed E-state index contributed by atoms with van der Waals surface area (Å²) in [5.74, 6) is 1.92. The Bertz CT molecular complexity index is 781. The average Bonchev–Trinajstić information content (AvgIpc) is 3.51. The third-order valence-electron chi connectivity index (χ3n) is 5.52. The zero-order chi connectivity index (χ0) is 18.5. The number of rotatable bonds is 8. The van der Waals surface area contributed by atoms with Gasteiger partial charge >= 0.3 is 0 Å². The van der Waals surface area contributed by atoms with E-state index in [-0.39, 0.29) is 11.9 Å². The van der Waals surface area contributed by atoms with Gasteiger partial charge in [-0.05, 0) is 42.7 Å². The first kappa shape index (κ1) is 17.3. The second-order valence-corrected chi connectivity index (χ2v) is 8.31. The first-order valence-electron chi connectivity index (χ1n) is 9.54. The first-order chi connectivity index (χ1) is 12.4. The molecule has 2 atom stereocenters. The number of benzene rings is 1. The third kappa shape index (κ3) is 2.94. The van der Waals surface area contributed by atoms with Crippen molar-refractivity contribution < 1.29 is 9.53 Å². The number of ether oxygens (including phenoxy) is 1. The number of carbonyl (C=O) groups is 1. The molecule has 4 rings (SSSR count). The summed E-state index contributed by atoms with van der Waals surface area (Å²) >= 11 is 0. The molecule has 0 unspecified atom stereocenters. The number of hydrogen-bond acceptors (Lipinski definition) is 4. The van der Waals surface area contributed by atoms with E-state index >= 15 is 0 Å². The molecule has 5 heteroatoms. The van der Waals surface area contributed by atoms with E-state index in [1.165, 1.54) is 19.1 Å². The minimum atomic E-state index is -0.584. The third-order valence-corrected chi connectivity index (χ3v) is 5.52. The highest BCUT2D eigenvalue weighted by atomic mass is 16.5. The van der Waals surface area contributed by atoms with Crippen LogP contribution in [0.2, 0.25) is 0 Å². The molecule has 138 valence electrons. The number of hydrogen-bond donors (Lipinski definition) is 2. The molecule has 3 aliphatic rings. The second kappa shape index (κ2) is 6.23. The number of allylic oxidation sites excluding steroid dienone is 1. The number of anilines is 1. The van der Waals surface area contributed by atoms with Gasteiger partial charge in [-0.15, -0.1) is 0 Å². The second-order valence-electron chi connectivity index (χ2n) is 8.31. The molecule has 0 saturated heterocycles. The summed E-state index contributed by atoms with van der Waals surface area (Å²) < 4.78 is 5.92. The lowest BCUT2D eigenvalue weighted by atomic mass is 9.86. The van der Waals surface area contributed by atoms with Crippen molar-refractivity contribution in [2.45, 2.75) is 44.6 Å². The number of fused-ring (bicyclic) bond motifs is 3. The van der Waals surface area contributed by atoms with E-state index in [1.807, 2.05) is 29.2 Å². The number of nitrogens with zero attached hydrogens (tertiary/aromatic N) is 1. The molecule has 1 aromatic rings. The van der Waals surface area contributed by atoms with Crippen molar-refractivity contribution in [1.29, 1.82) is 5.41 Å². The van der Waals surface area contributed by atoms with E-state index in [0.29, 0.717) is 18.4 Å². The van der Waals surface area contributed by atoms with Crippen molar-refractivity contribution in [2.75, 3.05) is 18.1 Å². The summed E-state index contributed by atoms with van der Waals surface area (Å²) in [5, 5.41) is 7.84. The molecule has 5 nitrogen and oxygen atoms in total. The Morgan fingerprint density at radius 2 is 2.19 bits per heavy atom. The number of amides is 1. The molecular weight excluding hydrogens is 326 g/mol. The van der Waals surface area contributed by atoms with Gasteiger partial charge in [0.1, 0.15) is 12.4 Å². The maximum absolute atomic E-state index is 12.8. The van der Waals surface area contributed by atoms with E-state index in [2.05, 4.69) is 13.8 Å². The zero-order valence-electron chi connectivity index (χ0n) is 15.5. The van der Waals surface area contributed by atoms with Gasteiger partial charge in [-0.25, -0.2) is 0 Å². The molecule has 0 spiro atoms. The SMILES string of the molecule is CC(C)C[C@H](N)COc1ccc2c(c1)N(CC1CC1)C(=O)C1=C[C@]12C=N. The molecule has 1 aromatic carbocycles. The maximum Gasteiger partial charge on any atom is 0.255 e. The standard InChI is InChI=1S/C21H27N3O2/c1-13(2)7-15(23)11-26-16-5-6-17-19(8-16)24(10-14-3-4-14)20(25)18-9-21(17,18)12-22/h5-6,8-9,12-15,22H,3-4,7,10-11,23H2,1-2H3/t15-,21+/m0/s1. The molecule has 0 aromatic heterocycles. The monoisotopic (exact) mass is 353 g/mol. The molecule has 1 fully saturated rings. The van der Waals surface area contributed by atoms with E-state index in [4.69, 9.17) is 15.9 Å². The van der Waals surface area contributed by atoms with Gasteiger partial charge in [0, 0.05) is 30.4 Å². The highest BCUT2D eigenvalue weighted by Crippen LogP contribution is 2.54. The number of nitrogens with one attached hydrogen (secondary N) is 1. The summed E-state index contributed by atoms with van der Waals surface area (Å²) in [6, 6.07) is 5.88. The van der Waals surface area contributed by atoms with Gasteiger partial charge in [-0.1, -0.05) is 26.0 Å². The van der Waals surface area contributed by atoms with Gasteiger partial charge in [-0.3, -0.25) is 4.79 Å². The Balaban J connectivity index is 1.58. The Labute approximate surface area is 154 Å². The Hall–Kier alpha value is -2.14. The molecule has 26 heavy (non-hydrogen) atoms. The van der Waals surface area contributed by atoms with Gasteiger partial charge in [0.15, 0.2) is 0 Å². The van der Waals surface area contributed by atoms with Crippen LogP contribution in [0.1, 0.15) is 38.7 Å². The van der Waals surface area contributed by atoms with Crippen LogP contribution in [0.15, 0.2) is 29.8 Å². The molecule has 1 saturated carbocycles. The van der Waals surface area contributed by atoms with Crippen molar-refractivity contribution in [3.63, 3.8) is 0 Å². The fraction of sp³-hybridized carbons (Fsp3) is 0.524. The van der Waals surface area contributed by atoms with E-state index in [1.54, 1.807) is 0 Å². The van der Waals surface area contributed by atoms with Gasteiger partial charge < -0.3 is 20.8 Å². The van der Waals surface area contributed by atoms with Crippen LogP contribution in [0.3, 0.4) is 0 Å². The van der Waals surface area contributed by atoms with Crippen LogP contribution in [0, 0.1) is 17.2 Å². The maximum atomic E-state index is 12.8. The van der Waals surface area contributed by atoms with Crippen LogP contribution in [-0.2, 0) is 10.2 Å². The van der Waals surface area contributed by atoms with Gasteiger partial charge in [-0.2, -0.15) is 0 Å². The van der Waals surface area contributed by atoms with Crippen molar-refractivity contribution in [3.05, 3.63) is 35.4 Å². The predicted molar refractivity (Wildman–Crippen MR) is 103 cm³/mol. The van der Waals surface area contributed by atoms with Gasteiger partial charge in [0.25, 0.3) is 5.91 Å². The minimum absolute atomic E-state index is 0.000139. The van der Waals surface area contributed by atoms with Crippen molar-refractivity contribution in [2.24, 2.45) is 17.6 Å². The van der Waals surface area contributed by atoms with Crippen LogP contribution < -0.4 is 15.4 Å². The quantitative estimate of drug-likeness (QED) is 0.705. The molecular formula is C21H27N3O2. The smallest absolute Gasteiger partial charge is 0.255 e. The highest BCUT2D eigenvalue weighted by molar-refractivity contribution is 6.20.